The fourth-order valence-electron chi connectivity index (χ4n) is 3.52. The van der Waals surface area contributed by atoms with Crippen LogP contribution in [-0.4, -0.2) is 44.4 Å². The molecule has 5 heteroatoms. The Hall–Kier alpha value is -1.85. The summed E-state index contributed by atoms with van der Waals surface area (Å²) in [6.07, 6.45) is 0. The van der Waals surface area contributed by atoms with Gasteiger partial charge >= 0.3 is 0 Å². The maximum atomic E-state index is 13.1. The zero-order valence-corrected chi connectivity index (χ0v) is 14.9. The minimum atomic E-state index is 0.175. The molecule has 1 aromatic carbocycles. The van der Waals surface area contributed by atoms with Gasteiger partial charge in [-0.15, -0.1) is 0 Å². The summed E-state index contributed by atoms with van der Waals surface area (Å²) in [5.41, 5.74) is 4.12. The Morgan fingerprint density at radius 3 is 2.58 bits per heavy atom. The van der Waals surface area contributed by atoms with Gasteiger partial charge in [0.25, 0.3) is 0 Å². The van der Waals surface area contributed by atoms with Crippen LogP contribution in [-0.2, 0) is 11.3 Å². The first kappa shape index (κ1) is 17.0. The number of quaternary nitrogens is 1. The quantitative estimate of drug-likeness (QED) is 0.863. The van der Waals surface area contributed by atoms with Gasteiger partial charge in [-0.05, 0) is 39.0 Å². The molecule has 0 radical (unpaired) electrons. The van der Waals surface area contributed by atoms with E-state index >= 15 is 0 Å². The lowest BCUT2D eigenvalue weighted by atomic mass is 10.1. The Balaban J connectivity index is 2.01. The van der Waals surface area contributed by atoms with Crippen molar-refractivity contribution in [3.8, 4) is 0 Å². The Morgan fingerprint density at radius 2 is 1.92 bits per heavy atom. The fourth-order valence-corrected chi connectivity index (χ4v) is 3.52. The van der Waals surface area contributed by atoms with Gasteiger partial charge in [0.05, 0.1) is 18.8 Å². The minimum absolute atomic E-state index is 0.175. The predicted molar refractivity (Wildman–Crippen MR) is 98.1 cm³/mol. The van der Waals surface area contributed by atoms with E-state index in [1.807, 2.05) is 19.1 Å². The zero-order valence-electron chi connectivity index (χ0n) is 14.9. The molecule has 1 saturated heterocycles. The summed E-state index contributed by atoms with van der Waals surface area (Å²) in [4.78, 5) is 20.2. The third kappa shape index (κ3) is 3.32. The van der Waals surface area contributed by atoms with Crippen molar-refractivity contribution in [1.82, 2.24) is 4.98 Å². The number of aromatic nitrogens is 1. The first-order valence-electron chi connectivity index (χ1n) is 8.95. The Morgan fingerprint density at radius 1 is 1.21 bits per heavy atom. The average Bonchev–Trinajstić information content (AvgIpc) is 2.61. The number of benzene rings is 1. The van der Waals surface area contributed by atoms with Crippen LogP contribution in [0.1, 0.15) is 25.1 Å². The van der Waals surface area contributed by atoms with Gasteiger partial charge in [0, 0.05) is 35.4 Å². The lowest BCUT2D eigenvalue weighted by Crippen LogP contribution is -3.13. The van der Waals surface area contributed by atoms with Crippen molar-refractivity contribution >= 4 is 16.6 Å². The first-order valence-corrected chi connectivity index (χ1v) is 8.95. The van der Waals surface area contributed by atoms with Gasteiger partial charge in [0.1, 0.15) is 19.6 Å². The Bertz CT molecular complexity index is 759. The molecule has 0 atom stereocenters. The third-order valence-electron chi connectivity index (χ3n) is 5.05. The normalized spacial score (nSPS) is 15.8. The summed E-state index contributed by atoms with van der Waals surface area (Å²) >= 11 is 0. The van der Waals surface area contributed by atoms with E-state index in [-0.39, 0.29) is 5.43 Å². The smallest absolute Gasteiger partial charge is 0.198 e. The molecule has 0 amide bonds. The van der Waals surface area contributed by atoms with Crippen molar-refractivity contribution in [3.05, 3.63) is 39.7 Å². The second kappa shape index (κ2) is 7.36. The number of pyridine rings is 1. The van der Waals surface area contributed by atoms with Crippen LogP contribution in [0.15, 0.2) is 23.0 Å². The van der Waals surface area contributed by atoms with Crippen LogP contribution >= 0.6 is 0 Å². The van der Waals surface area contributed by atoms with Crippen LogP contribution in [0, 0.1) is 6.92 Å². The molecule has 0 bridgehead atoms. The molecule has 130 valence electrons. The molecule has 1 aromatic heterocycles. The van der Waals surface area contributed by atoms with Gasteiger partial charge in [0.2, 0.25) is 0 Å². The Labute approximate surface area is 143 Å². The maximum absolute atomic E-state index is 13.1. The molecule has 5 nitrogen and oxygen atoms in total. The predicted octanol–water partition coefficient (Wildman–Crippen LogP) is 1.10. The maximum Gasteiger partial charge on any atom is 0.198 e. The molecule has 24 heavy (non-hydrogen) atoms. The van der Waals surface area contributed by atoms with E-state index in [1.165, 1.54) is 4.90 Å². The first-order chi connectivity index (χ1) is 11.6. The van der Waals surface area contributed by atoms with Crippen LogP contribution in [0.4, 0.5) is 5.69 Å². The molecule has 0 saturated carbocycles. The van der Waals surface area contributed by atoms with E-state index in [9.17, 15) is 4.79 Å². The van der Waals surface area contributed by atoms with Crippen LogP contribution in [0.3, 0.4) is 0 Å². The molecule has 1 aliphatic rings. The number of morpholine rings is 1. The molecule has 2 aromatic rings. The molecule has 1 fully saturated rings. The molecule has 0 aliphatic carbocycles. The van der Waals surface area contributed by atoms with E-state index in [4.69, 9.17) is 4.74 Å². The van der Waals surface area contributed by atoms with Crippen LogP contribution < -0.4 is 15.2 Å². The molecule has 1 aliphatic heterocycles. The second-order valence-electron chi connectivity index (χ2n) is 6.50. The highest BCUT2D eigenvalue weighted by Crippen LogP contribution is 2.20. The number of nitrogens with one attached hydrogen (secondary N) is 2. The summed E-state index contributed by atoms with van der Waals surface area (Å²) in [6, 6.07) is 6.17. The summed E-state index contributed by atoms with van der Waals surface area (Å²) in [5.74, 6) is 0. The highest BCUT2D eigenvalue weighted by molar-refractivity contribution is 5.83. The molecular formula is C19H28N3O2+. The van der Waals surface area contributed by atoms with Crippen molar-refractivity contribution in [2.24, 2.45) is 0 Å². The van der Waals surface area contributed by atoms with E-state index < -0.39 is 0 Å². The number of rotatable bonds is 5. The number of nitrogens with zero attached hydrogens (tertiary/aromatic N) is 1. The molecule has 3 rings (SSSR count). The summed E-state index contributed by atoms with van der Waals surface area (Å²) in [5, 5.41) is 0.799. The summed E-state index contributed by atoms with van der Waals surface area (Å²) < 4.78 is 5.42. The van der Waals surface area contributed by atoms with Crippen molar-refractivity contribution < 1.29 is 9.64 Å². The topological polar surface area (TPSA) is 49.8 Å². The molecule has 2 heterocycles. The van der Waals surface area contributed by atoms with Crippen molar-refractivity contribution in [1.29, 1.82) is 0 Å². The number of aryl methyl sites for hydroxylation is 1. The number of anilines is 1. The lowest BCUT2D eigenvalue weighted by Gasteiger charge is -2.24. The van der Waals surface area contributed by atoms with Gasteiger partial charge in [0.15, 0.2) is 5.43 Å². The highest BCUT2D eigenvalue weighted by atomic mass is 16.5. The average molecular weight is 330 g/mol. The van der Waals surface area contributed by atoms with Crippen LogP contribution in [0.25, 0.3) is 10.9 Å². The lowest BCUT2D eigenvalue weighted by molar-refractivity contribution is -0.921. The van der Waals surface area contributed by atoms with Crippen LogP contribution in [0.5, 0.6) is 0 Å². The van der Waals surface area contributed by atoms with E-state index in [0.717, 1.165) is 73.8 Å². The SMILES string of the molecule is CCN(CC)c1ccc2[nH]c(C)c(C[NH+]3CCOCC3)c(=O)c2c1. The summed E-state index contributed by atoms with van der Waals surface area (Å²) in [7, 11) is 0. The molecule has 0 spiro atoms. The number of fused-ring (bicyclic) bond motifs is 1. The van der Waals surface area contributed by atoms with E-state index in [1.54, 1.807) is 0 Å². The van der Waals surface area contributed by atoms with Crippen molar-refractivity contribution in [2.75, 3.05) is 44.3 Å². The second-order valence-corrected chi connectivity index (χ2v) is 6.50. The third-order valence-corrected chi connectivity index (χ3v) is 5.05. The van der Waals surface area contributed by atoms with Gasteiger partial charge in [-0.25, -0.2) is 0 Å². The van der Waals surface area contributed by atoms with Gasteiger partial charge in [-0.2, -0.15) is 0 Å². The standard InChI is InChI=1S/C19H27N3O2/c1-4-22(5-2)15-6-7-18-16(12-15)19(23)17(14(3)20-18)13-21-8-10-24-11-9-21/h6-7,12H,4-5,8-11,13H2,1-3H3,(H,20,23)/p+1. The van der Waals surface area contributed by atoms with Crippen LogP contribution in [0.2, 0.25) is 0 Å². The number of hydrogen-bond donors (Lipinski definition) is 2. The van der Waals surface area contributed by atoms with Gasteiger partial charge in [-0.1, -0.05) is 0 Å². The number of ether oxygens (including phenoxy) is 1. The molecular weight excluding hydrogens is 302 g/mol. The molecule has 2 N–H and O–H groups in total. The van der Waals surface area contributed by atoms with E-state index in [2.05, 4.69) is 29.8 Å². The van der Waals surface area contributed by atoms with Crippen molar-refractivity contribution in [3.63, 3.8) is 0 Å². The number of aromatic amines is 1. The molecule has 0 unspecified atom stereocenters. The Kier molecular flexibility index (Phi) is 5.21. The van der Waals surface area contributed by atoms with E-state index in [0.29, 0.717) is 0 Å². The van der Waals surface area contributed by atoms with Gasteiger partial charge in [-0.3, -0.25) is 4.79 Å². The highest BCUT2D eigenvalue weighted by Gasteiger charge is 2.19. The largest absolute Gasteiger partial charge is 0.372 e. The number of H-pyrrole nitrogens is 1. The van der Waals surface area contributed by atoms with Gasteiger partial charge < -0.3 is 19.5 Å². The number of hydrogen-bond acceptors (Lipinski definition) is 3. The zero-order chi connectivity index (χ0) is 17.1. The summed E-state index contributed by atoms with van der Waals surface area (Å²) in [6.45, 7) is 12.4. The monoisotopic (exact) mass is 330 g/mol. The van der Waals surface area contributed by atoms with Crippen molar-refractivity contribution in [2.45, 2.75) is 27.3 Å². The minimum Gasteiger partial charge on any atom is -0.372 e. The fraction of sp³-hybridized carbons (Fsp3) is 0.526.